The molecule has 1 amide bonds. The molecule has 5 heteroatoms. The summed E-state index contributed by atoms with van der Waals surface area (Å²) in [7, 11) is 0. The molecule has 0 saturated carbocycles. The van der Waals surface area contributed by atoms with E-state index in [1.54, 1.807) is 11.3 Å². The third-order valence-electron chi connectivity index (χ3n) is 5.03. The highest BCUT2D eigenvalue weighted by atomic mass is 32.1. The third kappa shape index (κ3) is 4.71. The van der Waals surface area contributed by atoms with Gasteiger partial charge in [-0.2, -0.15) is 0 Å². The summed E-state index contributed by atoms with van der Waals surface area (Å²) >= 11 is 1.63. The number of hydrogen-bond donors (Lipinski definition) is 1. The number of thiazole rings is 1. The van der Waals surface area contributed by atoms with Crippen LogP contribution in [-0.4, -0.2) is 41.5 Å². The minimum absolute atomic E-state index is 0.219. The minimum Gasteiger partial charge on any atom is -0.339 e. The molecule has 1 aliphatic rings. The fourth-order valence-electron chi connectivity index (χ4n) is 3.53. The Bertz CT molecular complexity index is 704. The highest BCUT2D eigenvalue weighted by molar-refractivity contribution is 7.13. The van der Waals surface area contributed by atoms with Crippen molar-refractivity contribution >= 4 is 17.2 Å². The molecule has 0 spiro atoms. The first kappa shape index (κ1) is 19.1. The molecule has 2 heterocycles. The normalized spacial score (nSPS) is 15.2. The fourth-order valence-corrected chi connectivity index (χ4v) is 4.36. The lowest BCUT2D eigenvalue weighted by Gasteiger charge is -2.34. The van der Waals surface area contributed by atoms with Gasteiger partial charge in [-0.3, -0.25) is 4.79 Å². The van der Waals surface area contributed by atoms with Crippen molar-refractivity contribution in [2.75, 3.05) is 19.6 Å². The van der Waals surface area contributed by atoms with Crippen LogP contribution in [0.3, 0.4) is 0 Å². The number of carbonyl (C=O) groups is 1. The van der Waals surface area contributed by atoms with Gasteiger partial charge in [-0.1, -0.05) is 38.1 Å². The number of aryl methyl sites for hydroxylation is 1. The van der Waals surface area contributed by atoms with Crippen molar-refractivity contribution in [2.24, 2.45) is 0 Å². The summed E-state index contributed by atoms with van der Waals surface area (Å²) in [5.41, 5.74) is 3.36. The molecule has 26 heavy (non-hydrogen) atoms. The lowest BCUT2D eigenvalue weighted by Crippen LogP contribution is -2.47. The van der Waals surface area contributed by atoms with Crippen molar-refractivity contribution < 1.29 is 4.79 Å². The van der Waals surface area contributed by atoms with Crippen LogP contribution in [0.1, 0.15) is 44.4 Å². The summed E-state index contributed by atoms with van der Waals surface area (Å²) in [4.78, 5) is 19.7. The van der Waals surface area contributed by atoms with E-state index in [0.717, 1.165) is 61.6 Å². The van der Waals surface area contributed by atoms with Gasteiger partial charge in [-0.05, 0) is 44.3 Å². The average Bonchev–Trinajstić information content (AvgIpc) is 3.15. The van der Waals surface area contributed by atoms with Crippen LogP contribution in [-0.2, 0) is 17.6 Å². The van der Waals surface area contributed by atoms with Crippen LogP contribution in [0.4, 0.5) is 0 Å². The predicted octanol–water partition coefficient (Wildman–Crippen LogP) is 3.91. The molecular weight excluding hydrogens is 342 g/mol. The molecule has 0 radical (unpaired) electrons. The van der Waals surface area contributed by atoms with Crippen LogP contribution in [0.25, 0.3) is 10.6 Å². The van der Waals surface area contributed by atoms with E-state index in [9.17, 15) is 4.79 Å². The Morgan fingerprint density at radius 3 is 2.62 bits per heavy atom. The molecule has 1 saturated heterocycles. The van der Waals surface area contributed by atoms with E-state index in [2.05, 4.69) is 48.3 Å². The standard InChI is InChI=1S/C21H29N3OS/c1-3-13-24(19-9-11-22-12-10-19)20(25)14-18-15-26-21(23-18)17-7-5-16(4-2)6-8-17/h5-8,15,19,22H,3-4,9-14H2,1-2H3. The molecule has 0 unspecified atom stereocenters. The quantitative estimate of drug-likeness (QED) is 0.803. The van der Waals surface area contributed by atoms with Crippen LogP contribution in [0.15, 0.2) is 29.6 Å². The van der Waals surface area contributed by atoms with E-state index >= 15 is 0 Å². The minimum atomic E-state index is 0.219. The third-order valence-corrected chi connectivity index (χ3v) is 5.97. The Kier molecular flexibility index (Phi) is 6.80. The number of hydrogen-bond acceptors (Lipinski definition) is 4. The summed E-state index contributed by atoms with van der Waals surface area (Å²) in [5.74, 6) is 0.219. The molecule has 140 valence electrons. The van der Waals surface area contributed by atoms with E-state index in [0.29, 0.717) is 12.5 Å². The van der Waals surface area contributed by atoms with Crippen LogP contribution >= 0.6 is 11.3 Å². The molecule has 0 bridgehead atoms. The number of amides is 1. The highest BCUT2D eigenvalue weighted by Gasteiger charge is 2.25. The molecule has 3 rings (SSSR count). The van der Waals surface area contributed by atoms with E-state index in [4.69, 9.17) is 4.98 Å². The average molecular weight is 372 g/mol. The molecule has 1 aliphatic heterocycles. The van der Waals surface area contributed by atoms with Crippen molar-refractivity contribution in [2.45, 2.75) is 52.0 Å². The van der Waals surface area contributed by atoms with Gasteiger partial charge in [-0.15, -0.1) is 11.3 Å². The zero-order valence-corrected chi connectivity index (χ0v) is 16.6. The van der Waals surface area contributed by atoms with E-state index in [1.165, 1.54) is 5.56 Å². The SMILES string of the molecule is CCCN(C(=O)Cc1csc(-c2ccc(CC)cc2)n1)C1CCNCC1. The number of nitrogens with zero attached hydrogens (tertiary/aromatic N) is 2. The topological polar surface area (TPSA) is 45.2 Å². The van der Waals surface area contributed by atoms with Crippen molar-refractivity contribution in [3.8, 4) is 10.6 Å². The number of carbonyl (C=O) groups excluding carboxylic acids is 1. The second kappa shape index (κ2) is 9.28. The van der Waals surface area contributed by atoms with E-state index < -0.39 is 0 Å². The van der Waals surface area contributed by atoms with Gasteiger partial charge < -0.3 is 10.2 Å². The second-order valence-electron chi connectivity index (χ2n) is 6.94. The molecule has 1 aromatic heterocycles. The van der Waals surface area contributed by atoms with Gasteiger partial charge in [0.05, 0.1) is 12.1 Å². The van der Waals surface area contributed by atoms with Crippen molar-refractivity contribution in [3.63, 3.8) is 0 Å². The summed E-state index contributed by atoms with van der Waals surface area (Å²) in [6.07, 6.45) is 4.56. The Balaban J connectivity index is 1.67. The lowest BCUT2D eigenvalue weighted by atomic mass is 10.0. The molecule has 1 N–H and O–H groups in total. The Morgan fingerprint density at radius 2 is 1.96 bits per heavy atom. The predicted molar refractivity (Wildman–Crippen MR) is 109 cm³/mol. The largest absolute Gasteiger partial charge is 0.339 e. The Hall–Kier alpha value is -1.72. The number of rotatable bonds is 7. The molecule has 1 aromatic carbocycles. The fraction of sp³-hybridized carbons (Fsp3) is 0.524. The zero-order valence-electron chi connectivity index (χ0n) is 15.8. The van der Waals surface area contributed by atoms with Gasteiger partial charge in [0.1, 0.15) is 5.01 Å². The van der Waals surface area contributed by atoms with Gasteiger partial charge >= 0.3 is 0 Å². The highest BCUT2D eigenvalue weighted by Crippen LogP contribution is 2.25. The molecule has 0 atom stereocenters. The summed E-state index contributed by atoms with van der Waals surface area (Å²) in [6, 6.07) is 8.94. The zero-order chi connectivity index (χ0) is 18.4. The first-order valence-electron chi connectivity index (χ1n) is 9.75. The van der Waals surface area contributed by atoms with Gasteiger partial charge in [0.15, 0.2) is 0 Å². The van der Waals surface area contributed by atoms with Gasteiger partial charge in [0.2, 0.25) is 5.91 Å². The Morgan fingerprint density at radius 1 is 1.23 bits per heavy atom. The van der Waals surface area contributed by atoms with Gasteiger partial charge in [-0.25, -0.2) is 4.98 Å². The Labute approximate surface area is 160 Å². The number of benzene rings is 1. The molecule has 4 nitrogen and oxygen atoms in total. The van der Waals surface area contributed by atoms with Crippen LogP contribution in [0, 0.1) is 0 Å². The summed E-state index contributed by atoms with van der Waals surface area (Å²) in [6.45, 7) is 7.16. The number of aromatic nitrogens is 1. The van der Waals surface area contributed by atoms with E-state index in [1.807, 2.05) is 5.38 Å². The van der Waals surface area contributed by atoms with Crippen LogP contribution in [0.2, 0.25) is 0 Å². The molecule has 2 aromatic rings. The van der Waals surface area contributed by atoms with E-state index in [-0.39, 0.29) is 5.91 Å². The monoisotopic (exact) mass is 371 g/mol. The maximum atomic E-state index is 12.9. The van der Waals surface area contributed by atoms with Crippen LogP contribution < -0.4 is 5.32 Å². The van der Waals surface area contributed by atoms with Crippen molar-refractivity contribution in [1.82, 2.24) is 15.2 Å². The lowest BCUT2D eigenvalue weighted by molar-refractivity contribution is -0.133. The molecule has 1 fully saturated rings. The van der Waals surface area contributed by atoms with Crippen LogP contribution in [0.5, 0.6) is 0 Å². The maximum absolute atomic E-state index is 12.9. The second-order valence-corrected chi connectivity index (χ2v) is 7.80. The maximum Gasteiger partial charge on any atom is 0.228 e. The first-order chi connectivity index (χ1) is 12.7. The smallest absolute Gasteiger partial charge is 0.228 e. The molecular formula is C21H29N3OS. The molecule has 0 aliphatic carbocycles. The van der Waals surface area contributed by atoms with Crippen molar-refractivity contribution in [1.29, 1.82) is 0 Å². The number of piperidine rings is 1. The summed E-state index contributed by atoms with van der Waals surface area (Å²) in [5, 5.41) is 6.42. The van der Waals surface area contributed by atoms with Gasteiger partial charge in [0.25, 0.3) is 0 Å². The first-order valence-corrected chi connectivity index (χ1v) is 10.6. The summed E-state index contributed by atoms with van der Waals surface area (Å²) < 4.78 is 0. The number of nitrogens with one attached hydrogen (secondary N) is 1. The van der Waals surface area contributed by atoms with Gasteiger partial charge in [0, 0.05) is 23.5 Å². The van der Waals surface area contributed by atoms with Crippen molar-refractivity contribution in [3.05, 3.63) is 40.9 Å².